The van der Waals surface area contributed by atoms with Gasteiger partial charge in [-0.25, -0.2) is 4.98 Å². The molecule has 128 heavy (non-hydrogen) atoms. The lowest BCUT2D eigenvalue weighted by molar-refractivity contribution is 0.953. The van der Waals surface area contributed by atoms with Crippen molar-refractivity contribution in [3.63, 3.8) is 0 Å². The number of pyridine rings is 1. The summed E-state index contributed by atoms with van der Waals surface area (Å²) in [4.78, 5) is 19.9. The average molecular weight is 1630 g/mol. The van der Waals surface area contributed by atoms with E-state index in [-0.39, 0.29) is 0 Å². The smallest absolute Gasteiger partial charge is 0.238 e. The highest BCUT2D eigenvalue weighted by Crippen LogP contribution is 2.48. The minimum Gasteiger partial charge on any atom is -0.309 e. The first-order valence-electron chi connectivity index (χ1n) is 43.5. The van der Waals surface area contributed by atoms with Gasteiger partial charge in [0, 0.05) is 150 Å². The Hall–Kier alpha value is -17.5. The molecule has 0 atom stereocenters. The summed E-state index contributed by atoms with van der Waals surface area (Å²) in [6.07, 6.45) is 3.74. The second-order valence-electron chi connectivity index (χ2n) is 33.3. The first-order valence-corrected chi connectivity index (χ1v) is 43.5. The van der Waals surface area contributed by atoms with E-state index >= 15 is 0 Å². The third-order valence-corrected chi connectivity index (χ3v) is 26.4. The van der Waals surface area contributed by atoms with Crippen molar-refractivity contribution in [3.05, 3.63) is 437 Å². The van der Waals surface area contributed by atoms with Gasteiger partial charge in [-0.3, -0.25) is 9.55 Å². The molecule has 10 heterocycles. The predicted molar refractivity (Wildman–Crippen MR) is 530 cm³/mol. The molecule has 0 unspecified atom stereocenters. The molecule has 18 aromatic carbocycles. The highest BCUT2D eigenvalue weighted by atomic mass is 15.2. The van der Waals surface area contributed by atoms with Crippen molar-refractivity contribution in [1.82, 2.24) is 56.5 Å². The van der Waals surface area contributed by atoms with Gasteiger partial charge in [0.05, 0.1) is 88.3 Å². The van der Waals surface area contributed by atoms with Gasteiger partial charge in [-0.15, -0.1) is 0 Å². The summed E-state index contributed by atoms with van der Waals surface area (Å²) in [5, 5.41) is 19.4. The Kier molecular flexibility index (Phi) is 15.6. The van der Waals surface area contributed by atoms with Crippen LogP contribution in [-0.4, -0.2) is 56.5 Å². The van der Waals surface area contributed by atoms with E-state index in [1.807, 2.05) is 48.8 Å². The van der Waals surface area contributed by atoms with Crippen molar-refractivity contribution in [1.29, 1.82) is 0 Å². The molecule has 0 amide bonds. The summed E-state index contributed by atoms with van der Waals surface area (Å²) < 4.78 is 19.2. The molecule has 28 rings (SSSR count). The van der Waals surface area contributed by atoms with Crippen LogP contribution in [0.15, 0.2) is 437 Å². The Balaban J connectivity index is 0.000000135. The van der Waals surface area contributed by atoms with Crippen LogP contribution in [0.25, 0.3) is 243 Å². The Morgan fingerprint density at radius 1 is 0.141 bits per heavy atom. The van der Waals surface area contributed by atoms with Crippen LogP contribution in [0.2, 0.25) is 0 Å². The lowest BCUT2D eigenvalue weighted by Gasteiger charge is -2.12. The average Bonchev–Trinajstić information content (AvgIpc) is 1.55. The summed E-state index contributed by atoms with van der Waals surface area (Å²) in [6, 6.07) is 153. The Bertz CT molecular complexity index is 9370. The van der Waals surface area contributed by atoms with E-state index in [1.165, 1.54) is 131 Å². The molecule has 0 radical (unpaired) electrons. The molecule has 0 aliphatic heterocycles. The van der Waals surface area contributed by atoms with Gasteiger partial charge in [-0.2, -0.15) is 9.97 Å². The summed E-state index contributed by atoms with van der Waals surface area (Å²) in [5.74, 6) is 1.81. The van der Waals surface area contributed by atoms with E-state index in [0.29, 0.717) is 17.6 Å². The number of aromatic nitrogens is 12. The topological polar surface area (TPSA) is 91.0 Å². The van der Waals surface area contributed by atoms with Gasteiger partial charge >= 0.3 is 0 Å². The van der Waals surface area contributed by atoms with Crippen LogP contribution in [0, 0.1) is 0 Å². The van der Waals surface area contributed by atoms with Crippen LogP contribution in [0.4, 0.5) is 0 Å². The molecule has 0 aliphatic rings. The van der Waals surface area contributed by atoms with Crippen molar-refractivity contribution in [2.75, 3.05) is 0 Å². The SMILES string of the molecule is c1ccc(-c2nc(-c3ccccc3)nc(-n3c4ccccc4c4cc5c6ccccc6n(-c6ccc7c8cc9c(cc8n(-c8ccccc8)c7c6)c6ccccc6n9-c6ccccc6)c5cc43)n2)cc1.c1ccc(-n2c3ccccc3c3cc4c(cc32)c2ccc(-n3c5ccccc5c5c6c7ccccc7n(-c7ccncc7)c6ccc53)cc2n4-c2ccccc2)cc1. The van der Waals surface area contributed by atoms with Gasteiger partial charge in [-0.05, 0) is 170 Å². The van der Waals surface area contributed by atoms with Gasteiger partial charge in [0.1, 0.15) is 0 Å². The van der Waals surface area contributed by atoms with Crippen LogP contribution in [0.5, 0.6) is 0 Å². The molecule has 0 N–H and O–H groups in total. The van der Waals surface area contributed by atoms with Crippen molar-refractivity contribution >= 4 is 174 Å². The van der Waals surface area contributed by atoms with Crippen molar-refractivity contribution in [2.45, 2.75) is 0 Å². The third kappa shape index (κ3) is 10.6. The van der Waals surface area contributed by atoms with Crippen molar-refractivity contribution < 1.29 is 0 Å². The van der Waals surface area contributed by atoms with E-state index < -0.39 is 0 Å². The van der Waals surface area contributed by atoms with Crippen LogP contribution >= 0.6 is 0 Å². The number of hydrogen-bond acceptors (Lipinski definition) is 4. The third-order valence-electron chi connectivity index (χ3n) is 26.4. The van der Waals surface area contributed by atoms with Gasteiger partial charge in [0.25, 0.3) is 0 Å². The summed E-state index contributed by atoms with van der Waals surface area (Å²) in [5.41, 5.74) is 28.1. The maximum atomic E-state index is 5.25. The van der Waals surface area contributed by atoms with Gasteiger partial charge in [-0.1, -0.05) is 255 Å². The standard InChI is InChI=1S/C63H39N7.C53H33N5/c1-5-19-40(20-6-1)61-64-62(41-21-7-2-8-22-41)66-63(65-61)70-55-32-18-15-28-46(55)50-36-49-45-27-13-17-31-54(45)69(59(49)39-60(50)70)44-33-34-48-52-38-57-51(37-58(52)68(56(48)35-44)43-25-11-4-12-26-43)47-29-14-16-30-53(47)67(57)42-23-9-3-10-24-42;1-3-13-34(14-4-1)56-44-20-10-7-17-38(44)42-32-51-43(33-50(42)56)39-24-23-37(31-49(39)57(51)35-15-5-2-6-16-35)58-46-22-12-9-19-41(46)53-48(58)26-25-47-52(53)40-18-8-11-21-45(40)55(47)36-27-29-54-30-28-36/h1-39H;1-33H. The summed E-state index contributed by atoms with van der Waals surface area (Å²) in [6.45, 7) is 0. The van der Waals surface area contributed by atoms with Crippen LogP contribution in [-0.2, 0) is 0 Å². The minimum atomic E-state index is 0.565. The van der Waals surface area contributed by atoms with Gasteiger partial charge in [0.15, 0.2) is 11.6 Å². The fraction of sp³-hybridized carbons (Fsp3) is 0. The highest BCUT2D eigenvalue weighted by Gasteiger charge is 2.28. The zero-order chi connectivity index (χ0) is 83.8. The minimum absolute atomic E-state index is 0.565. The van der Waals surface area contributed by atoms with Crippen LogP contribution in [0.3, 0.4) is 0 Å². The number of para-hydroxylation sites is 10. The quantitative estimate of drug-likeness (QED) is 0.136. The van der Waals surface area contributed by atoms with Crippen LogP contribution < -0.4 is 0 Å². The zero-order valence-electron chi connectivity index (χ0n) is 68.9. The molecule has 0 bridgehead atoms. The molecule has 12 heteroatoms. The number of hydrogen-bond donors (Lipinski definition) is 0. The molecule has 0 saturated heterocycles. The van der Waals surface area contributed by atoms with E-state index in [1.54, 1.807) is 0 Å². The van der Waals surface area contributed by atoms with E-state index in [4.69, 9.17) is 15.0 Å². The maximum Gasteiger partial charge on any atom is 0.238 e. The van der Waals surface area contributed by atoms with Gasteiger partial charge in [0.2, 0.25) is 5.95 Å². The fourth-order valence-corrected chi connectivity index (χ4v) is 21.0. The monoisotopic (exact) mass is 1630 g/mol. The van der Waals surface area contributed by atoms with Crippen molar-refractivity contribution in [2.24, 2.45) is 0 Å². The number of fused-ring (bicyclic) bond motifs is 25. The maximum absolute atomic E-state index is 5.25. The molecule has 0 spiro atoms. The Labute approximate surface area is 731 Å². The lowest BCUT2D eigenvalue weighted by Crippen LogP contribution is -2.06. The van der Waals surface area contributed by atoms with Crippen LogP contribution in [0.1, 0.15) is 0 Å². The molecule has 28 aromatic rings. The predicted octanol–water partition coefficient (Wildman–Crippen LogP) is 29.1. The fourth-order valence-electron chi connectivity index (χ4n) is 21.0. The normalized spacial score (nSPS) is 12.1. The summed E-state index contributed by atoms with van der Waals surface area (Å²) in [7, 11) is 0. The molecular weight excluding hydrogens is 1560 g/mol. The zero-order valence-corrected chi connectivity index (χ0v) is 68.9. The highest BCUT2D eigenvalue weighted by molar-refractivity contribution is 6.30. The molecule has 0 saturated carbocycles. The lowest BCUT2D eigenvalue weighted by atomic mass is 10.1. The second kappa shape index (κ2) is 28.0. The second-order valence-corrected chi connectivity index (χ2v) is 33.3. The Morgan fingerprint density at radius 3 is 0.766 bits per heavy atom. The largest absolute Gasteiger partial charge is 0.309 e. The number of benzene rings is 18. The molecular formula is C116H72N12. The van der Waals surface area contributed by atoms with E-state index in [9.17, 15) is 0 Å². The van der Waals surface area contributed by atoms with Gasteiger partial charge < -0.3 is 32.0 Å². The van der Waals surface area contributed by atoms with E-state index in [0.717, 1.165) is 94.8 Å². The molecule has 0 fully saturated rings. The molecule has 12 nitrogen and oxygen atoms in total. The first kappa shape index (κ1) is 71.1. The van der Waals surface area contributed by atoms with Crippen molar-refractivity contribution in [3.8, 4) is 68.5 Å². The molecule has 0 aliphatic carbocycles. The first-order chi connectivity index (χ1) is 63.5. The molecule has 596 valence electrons. The number of nitrogens with zero attached hydrogens (tertiary/aromatic N) is 12. The summed E-state index contributed by atoms with van der Waals surface area (Å²) >= 11 is 0. The molecule has 10 aromatic heterocycles. The Morgan fingerprint density at radius 2 is 0.391 bits per heavy atom. The number of rotatable bonds is 10. The van der Waals surface area contributed by atoms with E-state index in [2.05, 4.69) is 430 Å².